The second kappa shape index (κ2) is 7.89. The Hall–Kier alpha value is -1.95. The average Bonchev–Trinajstić information content (AvgIpc) is 2.91. The molecular weight excluding hydrogens is 296 g/mol. The van der Waals surface area contributed by atoms with Crippen molar-refractivity contribution in [1.82, 2.24) is 14.9 Å². The molecule has 118 valence electrons. The number of nitrogens with one attached hydrogen (secondary N) is 2. The summed E-state index contributed by atoms with van der Waals surface area (Å²) in [5.41, 5.74) is 1.73. The molecule has 0 aliphatic carbocycles. The first-order valence-corrected chi connectivity index (χ1v) is 8.63. The van der Waals surface area contributed by atoms with Gasteiger partial charge in [0.2, 0.25) is 0 Å². The van der Waals surface area contributed by atoms with Crippen LogP contribution in [0, 0.1) is 0 Å². The second-order valence-corrected chi connectivity index (χ2v) is 6.21. The van der Waals surface area contributed by atoms with Crippen LogP contribution in [0.5, 0.6) is 0 Å². The molecule has 0 radical (unpaired) electrons. The molecule has 5 nitrogen and oxygen atoms in total. The summed E-state index contributed by atoms with van der Waals surface area (Å²) in [5, 5.41) is 5.82. The van der Waals surface area contributed by atoms with Crippen LogP contribution in [-0.2, 0) is 7.05 Å². The smallest absolute Gasteiger partial charge is 0.319 e. The van der Waals surface area contributed by atoms with Gasteiger partial charge in [0.1, 0.15) is 5.82 Å². The number of carbonyl (C=O) groups is 1. The number of anilines is 1. The number of thioether (sulfide) groups is 1. The van der Waals surface area contributed by atoms with Crippen LogP contribution < -0.4 is 10.6 Å². The van der Waals surface area contributed by atoms with E-state index in [1.54, 1.807) is 18.0 Å². The van der Waals surface area contributed by atoms with Gasteiger partial charge in [0.05, 0.1) is 0 Å². The molecule has 2 amide bonds. The molecule has 0 bridgehead atoms. The first kappa shape index (κ1) is 16.4. The largest absolute Gasteiger partial charge is 0.335 e. The van der Waals surface area contributed by atoms with Crippen molar-refractivity contribution in [1.29, 1.82) is 0 Å². The van der Waals surface area contributed by atoms with E-state index in [0.717, 1.165) is 29.2 Å². The van der Waals surface area contributed by atoms with Crippen molar-refractivity contribution >= 4 is 23.5 Å². The fourth-order valence-corrected chi connectivity index (χ4v) is 2.73. The maximum atomic E-state index is 12.0. The van der Waals surface area contributed by atoms with Crippen LogP contribution >= 0.6 is 11.8 Å². The molecule has 0 saturated heterocycles. The molecule has 1 aromatic carbocycles. The minimum atomic E-state index is -0.175. The number of aromatic nitrogens is 2. The van der Waals surface area contributed by atoms with E-state index in [4.69, 9.17) is 0 Å². The number of urea groups is 1. The maximum Gasteiger partial charge on any atom is 0.319 e. The van der Waals surface area contributed by atoms with Crippen LogP contribution in [0.15, 0.2) is 36.7 Å². The minimum Gasteiger partial charge on any atom is -0.335 e. The van der Waals surface area contributed by atoms with Crippen LogP contribution in [0.3, 0.4) is 0 Å². The number of benzene rings is 1. The third kappa shape index (κ3) is 4.53. The molecule has 0 aliphatic heterocycles. The number of aryl methyl sites for hydroxylation is 1. The predicted molar refractivity (Wildman–Crippen MR) is 93.3 cm³/mol. The Morgan fingerprint density at radius 3 is 2.95 bits per heavy atom. The van der Waals surface area contributed by atoms with E-state index in [-0.39, 0.29) is 12.1 Å². The van der Waals surface area contributed by atoms with Crippen molar-refractivity contribution < 1.29 is 4.79 Å². The third-order valence-electron chi connectivity index (χ3n) is 3.33. The Morgan fingerprint density at radius 1 is 1.45 bits per heavy atom. The highest BCUT2D eigenvalue weighted by atomic mass is 32.2. The Balaban J connectivity index is 1.99. The van der Waals surface area contributed by atoms with Gasteiger partial charge in [-0.05, 0) is 37.5 Å². The zero-order valence-corrected chi connectivity index (χ0v) is 14.0. The first-order chi connectivity index (χ1) is 10.6. The lowest BCUT2D eigenvalue weighted by Crippen LogP contribution is -2.36. The summed E-state index contributed by atoms with van der Waals surface area (Å²) in [7, 11) is 1.95. The van der Waals surface area contributed by atoms with Gasteiger partial charge in [0.15, 0.2) is 0 Å². The first-order valence-electron chi connectivity index (χ1n) is 7.24. The van der Waals surface area contributed by atoms with Gasteiger partial charge >= 0.3 is 6.03 Å². The number of nitrogens with zero attached hydrogens (tertiary/aromatic N) is 2. The SMILES string of the molecule is CSCC[C@H](C)NC(=O)Nc1cccc(-c2nccn2C)c1. The molecule has 6 heteroatoms. The van der Waals surface area contributed by atoms with Crippen molar-refractivity contribution in [2.45, 2.75) is 19.4 Å². The predicted octanol–water partition coefficient (Wildman–Crippen LogP) is 3.35. The monoisotopic (exact) mass is 318 g/mol. The molecule has 1 atom stereocenters. The normalized spacial score (nSPS) is 12.0. The fraction of sp³-hybridized carbons (Fsp3) is 0.375. The lowest BCUT2D eigenvalue weighted by molar-refractivity contribution is 0.249. The van der Waals surface area contributed by atoms with Crippen molar-refractivity contribution in [3.8, 4) is 11.4 Å². The summed E-state index contributed by atoms with van der Waals surface area (Å²) >= 11 is 1.78. The summed E-state index contributed by atoms with van der Waals surface area (Å²) in [6.45, 7) is 2.01. The van der Waals surface area contributed by atoms with Gasteiger partial charge < -0.3 is 15.2 Å². The summed E-state index contributed by atoms with van der Waals surface area (Å²) in [5.74, 6) is 1.91. The van der Waals surface area contributed by atoms with Gasteiger partial charge in [-0.15, -0.1) is 0 Å². The molecule has 0 fully saturated rings. The number of hydrogen-bond acceptors (Lipinski definition) is 3. The molecule has 2 rings (SSSR count). The topological polar surface area (TPSA) is 59.0 Å². The number of rotatable bonds is 6. The zero-order valence-electron chi connectivity index (χ0n) is 13.2. The van der Waals surface area contributed by atoms with E-state index < -0.39 is 0 Å². The summed E-state index contributed by atoms with van der Waals surface area (Å²) < 4.78 is 1.95. The van der Waals surface area contributed by atoms with Crippen molar-refractivity contribution in [3.63, 3.8) is 0 Å². The van der Waals surface area contributed by atoms with E-state index in [1.165, 1.54) is 0 Å². The van der Waals surface area contributed by atoms with Crippen LogP contribution in [0.25, 0.3) is 11.4 Å². The molecule has 0 spiro atoms. The fourth-order valence-electron chi connectivity index (χ4n) is 2.14. The van der Waals surface area contributed by atoms with E-state index >= 15 is 0 Å². The highest BCUT2D eigenvalue weighted by molar-refractivity contribution is 7.98. The molecule has 0 saturated carbocycles. The summed E-state index contributed by atoms with van der Waals surface area (Å²) in [6.07, 6.45) is 6.68. The van der Waals surface area contributed by atoms with Crippen molar-refractivity contribution in [2.24, 2.45) is 7.05 Å². The highest BCUT2D eigenvalue weighted by Gasteiger charge is 2.08. The Labute approximate surface area is 135 Å². The van der Waals surface area contributed by atoms with Gasteiger partial charge in [-0.3, -0.25) is 0 Å². The van der Waals surface area contributed by atoms with Gasteiger partial charge in [-0.25, -0.2) is 9.78 Å². The lowest BCUT2D eigenvalue weighted by atomic mass is 10.2. The summed E-state index contributed by atoms with van der Waals surface area (Å²) in [6, 6.07) is 7.67. The van der Waals surface area contributed by atoms with Crippen LogP contribution in [0.1, 0.15) is 13.3 Å². The Bertz CT molecular complexity index is 626. The third-order valence-corrected chi connectivity index (χ3v) is 3.98. The van der Waals surface area contributed by atoms with Gasteiger partial charge in [0, 0.05) is 36.7 Å². The van der Waals surface area contributed by atoms with Gasteiger partial charge in [-0.1, -0.05) is 12.1 Å². The van der Waals surface area contributed by atoms with E-state index in [9.17, 15) is 4.79 Å². The molecule has 0 unspecified atom stereocenters. The quantitative estimate of drug-likeness (QED) is 0.858. The number of carbonyl (C=O) groups excluding carboxylic acids is 1. The van der Waals surface area contributed by atoms with Gasteiger partial charge in [-0.2, -0.15) is 11.8 Å². The van der Waals surface area contributed by atoms with Crippen molar-refractivity contribution in [2.75, 3.05) is 17.3 Å². The molecular formula is C16H22N4OS. The molecule has 1 aromatic heterocycles. The lowest BCUT2D eigenvalue weighted by Gasteiger charge is -2.14. The molecule has 2 aromatic rings. The van der Waals surface area contributed by atoms with Crippen LogP contribution in [-0.4, -0.2) is 33.6 Å². The Morgan fingerprint density at radius 2 is 2.27 bits per heavy atom. The maximum absolute atomic E-state index is 12.0. The average molecular weight is 318 g/mol. The van der Waals surface area contributed by atoms with E-state index in [1.807, 2.05) is 49.0 Å². The minimum absolute atomic E-state index is 0.158. The number of hydrogen-bond donors (Lipinski definition) is 2. The molecule has 22 heavy (non-hydrogen) atoms. The molecule has 0 aliphatic rings. The van der Waals surface area contributed by atoms with E-state index in [2.05, 4.69) is 21.9 Å². The molecule has 2 N–H and O–H groups in total. The second-order valence-electron chi connectivity index (χ2n) is 5.22. The highest BCUT2D eigenvalue weighted by Crippen LogP contribution is 2.20. The Kier molecular flexibility index (Phi) is 5.89. The zero-order chi connectivity index (χ0) is 15.9. The number of amides is 2. The van der Waals surface area contributed by atoms with E-state index in [0.29, 0.717) is 0 Å². The summed E-state index contributed by atoms with van der Waals surface area (Å²) in [4.78, 5) is 16.3. The van der Waals surface area contributed by atoms with Crippen LogP contribution in [0.2, 0.25) is 0 Å². The number of imidazole rings is 1. The van der Waals surface area contributed by atoms with Crippen molar-refractivity contribution in [3.05, 3.63) is 36.7 Å². The van der Waals surface area contributed by atoms with Gasteiger partial charge in [0.25, 0.3) is 0 Å². The molecule has 1 heterocycles. The van der Waals surface area contributed by atoms with Crippen LogP contribution in [0.4, 0.5) is 10.5 Å². The standard InChI is InChI=1S/C16H22N4OS/c1-12(7-10-22-3)18-16(21)19-14-6-4-5-13(11-14)15-17-8-9-20(15)2/h4-6,8-9,11-12H,7,10H2,1-3H3,(H2,18,19,21)/t12-/m0/s1.